The summed E-state index contributed by atoms with van der Waals surface area (Å²) in [6, 6.07) is 0. The molecule has 1 nitrogen and oxygen atoms in total. The molecule has 0 fully saturated rings. The molecule has 0 spiro atoms. The normalized spacial score (nSPS) is 14.4. The molecule has 0 aliphatic heterocycles. The van der Waals surface area contributed by atoms with Gasteiger partial charge in [-0.05, 0) is 19.8 Å². The third-order valence-electron chi connectivity index (χ3n) is 4.16. The van der Waals surface area contributed by atoms with Crippen LogP contribution in [0.15, 0.2) is 0 Å². The van der Waals surface area contributed by atoms with Crippen molar-refractivity contribution in [2.24, 2.45) is 0 Å². The van der Waals surface area contributed by atoms with Crippen molar-refractivity contribution in [3.8, 4) is 0 Å². The van der Waals surface area contributed by atoms with Crippen molar-refractivity contribution in [2.45, 2.75) is 90.9 Å². The molecule has 0 saturated carbocycles. The van der Waals surface area contributed by atoms with Crippen LogP contribution in [-0.2, 0) is 5.41 Å². The maximum atomic E-state index is 6.38. The molecule has 1 heterocycles. The molecule has 0 N–H and O–H groups in total. The summed E-state index contributed by atoms with van der Waals surface area (Å²) in [5, 5.41) is 1.85. The molecule has 0 aliphatic carbocycles. The topological polar surface area (TPSA) is 12.9 Å². The quantitative estimate of drug-likeness (QED) is 0.427. The molecule has 0 aromatic carbocycles. The number of thiazole rings is 1. The minimum atomic E-state index is 0.228. The van der Waals surface area contributed by atoms with Crippen molar-refractivity contribution in [1.29, 1.82) is 0 Å². The first-order valence-corrected chi connectivity index (χ1v) is 9.36. The molecule has 3 heteroatoms. The molecule has 1 aromatic heterocycles. The minimum Gasteiger partial charge on any atom is -0.230 e. The van der Waals surface area contributed by atoms with Crippen LogP contribution in [-0.4, -0.2) is 4.98 Å². The molecule has 1 rings (SSSR count). The van der Waals surface area contributed by atoms with E-state index in [0.717, 1.165) is 10.2 Å². The zero-order valence-electron chi connectivity index (χ0n) is 13.6. The summed E-state index contributed by atoms with van der Waals surface area (Å²) in [5.41, 5.74) is 0.228. The highest BCUT2D eigenvalue weighted by molar-refractivity contribution is 7.12. The molecule has 0 radical (unpaired) electrons. The first-order chi connectivity index (χ1) is 9.53. The molecule has 116 valence electrons. The fourth-order valence-corrected chi connectivity index (χ4v) is 4.37. The first kappa shape index (κ1) is 18.0. The smallest absolute Gasteiger partial charge is 0.143 e. The number of rotatable bonds is 10. The summed E-state index contributed by atoms with van der Waals surface area (Å²) in [4.78, 5) is 5.76. The Morgan fingerprint density at radius 2 is 1.55 bits per heavy atom. The van der Waals surface area contributed by atoms with Gasteiger partial charge in [0.15, 0.2) is 0 Å². The van der Waals surface area contributed by atoms with E-state index in [4.69, 9.17) is 11.6 Å². The lowest BCUT2D eigenvalue weighted by Crippen LogP contribution is -2.21. The van der Waals surface area contributed by atoms with E-state index in [0.29, 0.717) is 0 Å². The van der Waals surface area contributed by atoms with E-state index in [1.807, 2.05) is 0 Å². The van der Waals surface area contributed by atoms with Crippen molar-refractivity contribution in [3.05, 3.63) is 15.0 Å². The van der Waals surface area contributed by atoms with Gasteiger partial charge >= 0.3 is 0 Å². The summed E-state index contributed by atoms with van der Waals surface area (Å²) in [5.74, 6) is 0. The predicted molar refractivity (Wildman–Crippen MR) is 92.1 cm³/mol. The van der Waals surface area contributed by atoms with E-state index in [-0.39, 0.29) is 5.41 Å². The number of aromatic nitrogens is 1. The van der Waals surface area contributed by atoms with Crippen molar-refractivity contribution in [2.75, 3.05) is 0 Å². The molecule has 0 saturated heterocycles. The molecule has 0 aliphatic rings. The largest absolute Gasteiger partial charge is 0.230 e. The van der Waals surface area contributed by atoms with Gasteiger partial charge in [0.2, 0.25) is 0 Å². The van der Waals surface area contributed by atoms with Crippen LogP contribution in [0.3, 0.4) is 0 Å². The number of halogens is 1. The van der Waals surface area contributed by atoms with Gasteiger partial charge in [-0.2, -0.15) is 0 Å². The molecule has 0 amide bonds. The number of nitrogens with zero attached hydrogens (tertiary/aromatic N) is 1. The average Bonchev–Trinajstić information content (AvgIpc) is 2.75. The number of aryl methyl sites for hydroxylation is 1. The Morgan fingerprint density at radius 3 is 2.05 bits per heavy atom. The highest BCUT2D eigenvalue weighted by Gasteiger charge is 2.30. The second kappa shape index (κ2) is 9.04. The summed E-state index contributed by atoms with van der Waals surface area (Å²) < 4.78 is 0. The van der Waals surface area contributed by atoms with Crippen LogP contribution in [0.1, 0.15) is 88.4 Å². The van der Waals surface area contributed by atoms with Gasteiger partial charge in [0.25, 0.3) is 0 Å². The van der Waals surface area contributed by atoms with Gasteiger partial charge in [0.05, 0.1) is 5.01 Å². The lowest BCUT2D eigenvalue weighted by Gasteiger charge is -2.29. The van der Waals surface area contributed by atoms with Gasteiger partial charge < -0.3 is 0 Å². The third kappa shape index (κ3) is 5.37. The zero-order chi connectivity index (χ0) is 15.0. The minimum absolute atomic E-state index is 0.228. The molecule has 1 atom stereocenters. The lowest BCUT2D eigenvalue weighted by molar-refractivity contribution is 0.371. The van der Waals surface area contributed by atoms with Crippen molar-refractivity contribution in [3.63, 3.8) is 0 Å². The summed E-state index contributed by atoms with van der Waals surface area (Å²) in [6.45, 7) is 8.99. The fraction of sp³-hybridized carbons (Fsp3) is 0.824. The number of unbranched alkanes of at least 4 members (excludes halogenated alkanes) is 5. The van der Waals surface area contributed by atoms with E-state index in [9.17, 15) is 0 Å². The van der Waals surface area contributed by atoms with Gasteiger partial charge in [-0.3, -0.25) is 0 Å². The molecule has 20 heavy (non-hydrogen) atoms. The van der Waals surface area contributed by atoms with Crippen molar-refractivity contribution in [1.82, 2.24) is 4.98 Å². The van der Waals surface area contributed by atoms with Gasteiger partial charge in [-0.15, -0.1) is 11.3 Å². The van der Waals surface area contributed by atoms with Crippen LogP contribution in [0.2, 0.25) is 5.15 Å². The average molecular weight is 316 g/mol. The Bertz CT molecular complexity index is 388. The molecule has 1 aromatic rings. The zero-order valence-corrected chi connectivity index (χ0v) is 15.2. The second-order valence-corrected chi connectivity index (χ2v) is 7.74. The Balaban J connectivity index is 2.74. The van der Waals surface area contributed by atoms with Crippen molar-refractivity contribution >= 4 is 22.9 Å². The number of hydrogen-bond donors (Lipinski definition) is 0. The van der Waals surface area contributed by atoms with Gasteiger partial charge in [-0.1, -0.05) is 77.3 Å². The van der Waals surface area contributed by atoms with Crippen LogP contribution in [0.5, 0.6) is 0 Å². The van der Waals surface area contributed by atoms with E-state index in [1.54, 1.807) is 11.3 Å². The third-order valence-corrected chi connectivity index (χ3v) is 5.82. The van der Waals surface area contributed by atoms with Crippen LogP contribution in [0.4, 0.5) is 0 Å². The summed E-state index contributed by atoms with van der Waals surface area (Å²) >= 11 is 8.18. The molecular weight excluding hydrogens is 286 g/mol. The van der Waals surface area contributed by atoms with Gasteiger partial charge in [0.1, 0.15) is 5.15 Å². The highest BCUT2D eigenvalue weighted by Crippen LogP contribution is 2.42. The van der Waals surface area contributed by atoms with Gasteiger partial charge in [0, 0.05) is 10.3 Å². The molecule has 1 unspecified atom stereocenters. The highest BCUT2D eigenvalue weighted by atomic mass is 35.5. The summed E-state index contributed by atoms with van der Waals surface area (Å²) in [6.07, 6.45) is 11.7. The first-order valence-electron chi connectivity index (χ1n) is 8.17. The molecular formula is C17H30ClNS. The Kier molecular flexibility index (Phi) is 8.13. The maximum Gasteiger partial charge on any atom is 0.143 e. The Morgan fingerprint density at radius 1 is 1.00 bits per heavy atom. The van der Waals surface area contributed by atoms with Crippen LogP contribution in [0, 0.1) is 6.92 Å². The lowest BCUT2D eigenvalue weighted by atomic mass is 9.79. The van der Waals surface area contributed by atoms with E-state index < -0.39 is 0 Å². The fourth-order valence-electron chi connectivity index (χ4n) is 2.83. The van der Waals surface area contributed by atoms with E-state index >= 15 is 0 Å². The van der Waals surface area contributed by atoms with Crippen molar-refractivity contribution < 1.29 is 0 Å². The standard InChI is InChI=1S/C17H30ClNS/c1-5-7-9-11-13-17(4,12-10-8-6-2)15-16(18)19-14(3)20-15/h5-13H2,1-4H3. The Hall–Kier alpha value is -0.0800. The summed E-state index contributed by atoms with van der Waals surface area (Å²) in [7, 11) is 0. The predicted octanol–water partition coefficient (Wildman–Crippen LogP) is 6.91. The van der Waals surface area contributed by atoms with E-state index in [1.165, 1.54) is 62.7 Å². The maximum absolute atomic E-state index is 6.38. The SMILES string of the molecule is CCCCCCC(C)(CCCCC)c1sc(C)nc1Cl. The Labute approximate surface area is 134 Å². The second-order valence-electron chi connectivity index (χ2n) is 6.18. The van der Waals surface area contributed by atoms with Crippen LogP contribution in [0.25, 0.3) is 0 Å². The van der Waals surface area contributed by atoms with E-state index in [2.05, 4.69) is 32.7 Å². The van der Waals surface area contributed by atoms with Crippen LogP contribution < -0.4 is 0 Å². The number of hydrogen-bond acceptors (Lipinski definition) is 2. The van der Waals surface area contributed by atoms with Crippen LogP contribution >= 0.6 is 22.9 Å². The monoisotopic (exact) mass is 315 g/mol. The molecule has 0 bridgehead atoms. The van der Waals surface area contributed by atoms with Gasteiger partial charge in [-0.25, -0.2) is 4.98 Å².